The number of likely N-dealkylation sites (N-methyl/N-ethyl adjacent to an activating group) is 1. The standard InChI is InChI=1S/C18H19ClN2O3/c1-21(12-14-5-3-2-4-6-14)18(23)11-20-17(22)13-24-16-9-7-15(19)8-10-16/h2-10H,11-13H2,1H3,(H,20,22). The molecule has 0 saturated heterocycles. The van der Waals surface area contributed by atoms with Crippen LogP contribution in [-0.4, -0.2) is 36.9 Å². The number of benzene rings is 2. The van der Waals surface area contributed by atoms with E-state index < -0.39 is 0 Å². The second-order valence-electron chi connectivity index (χ2n) is 5.25. The van der Waals surface area contributed by atoms with E-state index in [0.717, 1.165) is 5.56 Å². The van der Waals surface area contributed by atoms with Gasteiger partial charge in [0.05, 0.1) is 6.54 Å². The van der Waals surface area contributed by atoms with Crippen LogP contribution in [0.25, 0.3) is 0 Å². The number of carbonyl (C=O) groups is 2. The predicted octanol–water partition coefficient (Wildman–Crippen LogP) is 2.49. The highest BCUT2D eigenvalue weighted by atomic mass is 35.5. The van der Waals surface area contributed by atoms with Crippen molar-refractivity contribution < 1.29 is 14.3 Å². The fourth-order valence-corrected chi connectivity index (χ4v) is 2.11. The molecule has 0 unspecified atom stereocenters. The number of rotatable bonds is 7. The molecule has 0 aliphatic carbocycles. The zero-order chi connectivity index (χ0) is 17.4. The third-order valence-electron chi connectivity index (χ3n) is 3.31. The Hall–Kier alpha value is -2.53. The quantitative estimate of drug-likeness (QED) is 0.838. The van der Waals surface area contributed by atoms with Crippen LogP contribution < -0.4 is 10.1 Å². The Morgan fingerprint density at radius 2 is 1.75 bits per heavy atom. The zero-order valence-corrected chi connectivity index (χ0v) is 14.1. The minimum absolute atomic E-state index is 0.0633. The first-order chi connectivity index (χ1) is 11.5. The van der Waals surface area contributed by atoms with E-state index in [4.69, 9.17) is 16.3 Å². The van der Waals surface area contributed by atoms with E-state index >= 15 is 0 Å². The molecule has 0 saturated carbocycles. The van der Waals surface area contributed by atoms with E-state index in [1.165, 1.54) is 0 Å². The van der Waals surface area contributed by atoms with Crippen molar-refractivity contribution in [1.82, 2.24) is 10.2 Å². The number of ether oxygens (including phenoxy) is 1. The van der Waals surface area contributed by atoms with Crippen LogP contribution in [0.15, 0.2) is 54.6 Å². The molecule has 5 nitrogen and oxygen atoms in total. The van der Waals surface area contributed by atoms with E-state index in [2.05, 4.69) is 5.32 Å². The summed E-state index contributed by atoms with van der Waals surface area (Å²) in [6.07, 6.45) is 0. The van der Waals surface area contributed by atoms with Crippen LogP contribution in [0.4, 0.5) is 0 Å². The minimum Gasteiger partial charge on any atom is -0.484 e. The number of hydrogen-bond acceptors (Lipinski definition) is 3. The van der Waals surface area contributed by atoms with Gasteiger partial charge in [-0.1, -0.05) is 41.9 Å². The molecule has 6 heteroatoms. The molecular weight excluding hydrogens is 328 g/mol. The lowest BCUT2D eigenvalue weighted by Crippen LogP contribution is -2.39. The Balaban J connectivity index is 1.70. The monoisotopic (exact) mass is 346 g/mol. The summed E-state index contributed by atoms with van der Waals surface area (Å²) >= 11 is 5.77. The molecule has 2 rings (SSSR count). The van der Waals surface area contributed by atoms with Gasteiger partial charge in [-0.05, 0) is 29.8 Å². The summed E-state index contributed by atoms with van der Waals surface area (Å²) < 4.78 is 5.32. The molecule has 0 heterocycles. The van der Waals surface area contributed by atoms with E-state index in [9.17, 15) is 9.59 Å². The Morgan fingerprint density at radius 1 is 1.08 bits per heavy atom. The van der Waals surface area contributed by atoms with E-state index in [-0.39, 0.29) is 25.0 Å². The number of carbonyl (C=O) groups excluding carboxylic acids is 2. The highest BCUT2D eigenvalue weighted by Crippen LogP contribution is 2.15. The molecule has 126 valence electrons. The van der Waals surface area contributed by atoms with Gasteiger partial charge < -0.3 is 15.0 Å². The van der Waals surface area contributed by atoms with Crippen LogP contribution in [-0.2, 0) is 16.1 Å². The number of nitrogens with zero attached hydrogens (tertiary/aromatic N) is 1. The molecule has 2 aromatic rings. The first kappa shape index (κ1) is 17.8. The van der Waals surface area contributed by atoms with Gasteiger partial charge in [-0.25, -0.2) is 0 Å². The lowest BCUT2D eigenvalue weighted by atomic mass is 10.2. The second kappa shape index (κ2) is 8.93. The number of amides is 2. The number of halogens is 1. The van der Waals surface area contributed by atoms with Crippen LogP contribution in [0, 0.1) is 0 Å². The summed E-state index contributed by atoms with van der Waals surface area (Å²) in [5, 5.41) is 3.15. The van der Waals surface area contributed by atoms with Crippen LogP contribution in [0.3, 0.4) is 0 Å². The average Bonchev–Trinajstić information content (AvgIpc) is 2.60. The zero-order valence-electron chi connectivity index (χ0n) is 13.4. The Kier molecular flexibility index (Phi) is 6.63. The molecule has 1 N–H and O–H groups in total. The molecule has 2 amide bonds. The first-order valence-electron chi connectivity index (χ1n) is 7.47. The fraction of sp³-hybridized carbons (Fsp3) is 0.222. The average molecular weight is 347 g/mol. The molecule has 0 fully saturated rings. The summed E-state index contributed by atoms with van der Waals surface area (Å²) in [5.41, 5.74) is 1.03. The van der Waals surface area contributed by atoms with Gasteiger partial charge in [-0.3, -0.25) is 9.59 Å². The highest BCUT2D eigenvalue weighted by Gasteiger charge is 2.11. The maximum Gasteiger partial charge on any atom is 0.258 e. The minimum atomic E-state index is -0.355. The molecule has 2 aromatic carbocycles. The summed E-state index contributed by atoms with van der Waals surface area (Å²) in [5.74, 6) is 0.0205. The Bertz CT molecular complexity index is 674. The predicted molar refractivity (Wildman–Crippen MR) is 92.9 cm³/mol. The molecule has 0 spiro atoms. The van der Waals surface area contributed by atoms with E-state index in [1.807, 2.05) is 30.3 Å². The van der Waals surface area contributed by atoms with Crippen LogP contribution in [0.5, 0.6) is 5.75 Å². The number of nitrogens with one attached hydrogen (secondary N) is 1. The maximum atomic E-state index is 12.0. The highest BCUT2D eigenvalue weighted by molar-refractivity contribution is 6.30. The summed E-state index contributed by atoms with van der Waals surface area (Å²) in [6, 6.07) is 16.4. The lowest BCUT2D eigenvalue weighted by molar-refractivity contribution is -0.132. The van der Waals surface area contributed by atoms with Gasteiger partial charge in [0, 0.05) is 18.6 Å². The molecular formula is C18H19ClN2O3. The van der Waals surface area contributed by atoms with Gasteiger partial charge >= 0.3 is 0 Å². The van der Waals surface area contributed by atoms with E-state index in [0.29, 0.717) is 17.3 Å². The molecule has 24 heavy (non-hydrogen) atoms. The Morgan fingerprint density at radius 3 is 2.42 bits per heavy atom. The van der Waals surface area contributed by atoms with Gasteiger partial charge in [-0.15, -0.1) is 0 Å². The van der Waals surface area contributed by atoms with Crippen molar-refractivity contribution >= 4 is 23.4 Å². The lowest BCUT2D eigenvalue weighted by Gasteiger charge is -2.17. The van der Waals surface area contributed by atoms with Crippen molar-refractivity contribution in [2.24, 2.45) is 0 Å². The third kappa shape index (κ3) is 5.93. The van der Waals surface area contributed by atoms with Crippen LogP contribution >= 0.6 is 11.6 Å². The molecule has 0 aromatic heterocycles. The fourth-order valence-electron chi connectivity index (χ4n) is 1.99. The molecule has 0 atom stereocenters. The molecule has 0 aliphatic heterocycles. The normalized spacial score (nSPS) is 10.1. The van der Waals surface area contributed by atoms with Crippen molar-refractivity contribution in [2.75, 3.05) is 20.2 Å². The molecule has 0 aliphatic rings. The third-order valence-corrected chi connectivity index (χ3v) is 3.56. The van der Waals surface area contributed by atoms with Gasteiger partial charge in [0.1, 0.15) is 5.75 Å². The van der Waals surface area contributed by atoms with E-state index in [1.54, 1.807) is 36.2 Å². The first-order valence-corrected chi connectivity index (χ1v) is 7.85. The number of hydrogen-bond donors (Lipinski definition) is 1. The summed E-state index contributed by atoms with van der Waals surface area (Å²) in [7, 11) is 1.70. The summed E-state index contributed by atoms with van der Waals surface area (Å²) in [6.45, 7) is 0.278. The molecule has 0 radical (unpaired) electrons. The van der Waals surface area contributed by atoms with Crippen molar-refractivity contribution in [3.8, 4) is 5.75 Å². The van der Waals surface area contributed by atoms with Gasteiger partial charge in [-0.2, -0.15) is 0 Å². The second-order valence-corrected chi connectivity index (χ2v) is 5.69. The van der Waals surface area contributed by atoms with Crippen molar-refractivity contribution in [1.29, 1.82) is 0 Å². The van der Waals surface area contributed by atoms with Gasteiger partial charge in [0.25, 0.3) is 5.91 Å². The topological polar surface area (TPSA) is 58.6 Å². The van der Waals surface area contributed by atoms with Crippen LogP contribution in [0.2, 0.25) is 5.02 Å². The van der Waals surface area contributed by atoms with Gasteiger partial charge in [0.15, 0.2) is 6.61 Å². The smallest absolute Gasteiger partial charge is 0.258 e. The van der Waals surface area contributed by atoms with Crippen molar-refractivity contribution in [3.63, 3.8) is 0 Å². The van der Waals surface area contributed by atoms with Crippen molar-refractivity contribution in [2.45, 2.75) is 6.54 Å². The maximum absolute atomic E-state index is 12.0. The largest absolute Gasteiger partial charge is 0.484 e. The Labute approximate surface area is 146 Å². The van der Waals surface area contributed by atoms with Crippen molar-refractivity contribution in [3.05, 3.63) is 65.2 Å². The summed E-state index contributed by atoms with van der Waals surface area (Å²) in [4.78, 5) is 25.3. The SMILES string of the molecule is CN(Cc1ccccc1)C(=O)CNC(=O)COc1ccc(Cl)cc1. The van der Waals surface area contributed by atoms with Crippen LogP contribution in [0.1, 0.15) is 5.56 Å². The molecule has 0 bridgehead atoms. The van der Waals surface area contributed by atoms with Gasteiger partial charge in [0.2, 0.25) is 5.91 Å².